The van der Waals surface area contributed by atoms with E-state index in [0.717, 1.165) is 12.8 Å². The van der Waals surface area contributed by atoms with Crippen molar-refractivity contribution >= 4 is 11.9 Å². The third-order valence-electron chi connectivity index (χ3n) is 3.23. The van der Waals surface area contributed by atoms with Gasteiger partial charge in [0.1, 0.15) is 12.2 Å². The highest BCUT2D eigenvalue weighted by molar-refractivity contribution is 5.86. The number of carbonyl (C=O) groups is 2. The fourth-order valence-corrected chi connectivity index (χ4v) is 1.87. The highest BCUT2D eigenvalue weighted by atomic mass is 16.4. The van der Waals surface area contributed by atoms with Crippen LogP contribution >= 0.6 is 0 Å². The molecule has 2 rings (SSSR count). The van der Waals surface area contributed by atoms with Gasteiger partial charge in [-0.1, -0.05) is 5.21 Å². The molecule has 0 aromatic carbocycles. The van der Waals surface area contributed by atoms with E-state index in [2.05, 4.69) is 15.6 Å². The number of aliphatic carboxylic acids is 1. The predicted octanol–water partition coefficient (Wildman–Crippen LogP) is -0.894. The van der Waals surface area contributed by atoms with Crippen LogP contribution in [0, 0.1) is 5.92 Å². The van der Waals surface area contributed by atoms with Crippen molar-refractivity contribution in [2.24, 2.45) is 11.7 Å². The SMILES string of the molecule is CC(N)(C(=O)NCc1cn(CC(=O)O)nn1)C1CC1. The number of rotatable bonds is 6. The first kappa shape index (κ1) is 13.5. The quantitative estimate of drug-likeness (QED) is 0.614. The van der Waals surface area contributed by atoms with Crippen LogP contribution in [0.4, 0.5) is 0 Å². The summed E-state index contributed by atoms with van der Waals surface area (Å²) in [7, 11) is 0. The number of nitrogens with one attached hydrogen (secondary N) is 1. The predicted molar refractivity (Wildman–Crippen MR) is 64.8 cm³/mol. The molecule has 1 aliphatic carbocycles. The minimum Gasteiger partial charge on any atom is -0.480 e. The zero-order valence-corrected chi connectivity index (χ0v) is 10.7. The Morgan fingerprint density at radius 1 is 1.63 bits per heavy atom. The molecule has 0 bridgehead atoms. The zero-order valence-electron chi connectivity index (χ0n) is 10.7. The van der Waals surface area contributed by atoms with Gasteiger partial charge in [0.15, 0.2) is 0 Å². The molecule has 8 heteroatoms. The van der Waals surface area contributed by atoms with Crippen molar-refractivity contribution in [3.63, 3.8) is 0 Å². The summed E-state index contributed by atoms with van der Waals surface area (Å²) in [5.41, 5.74) is 5.62. The molecule has 0 radical (unpaired) electrons. The van der Waals surface area contributed by atoms with Crippen LogP contribution in [-0.2, 0) is 22.7 Å². The molecule has 8 nitrogen and oxygen atoms in total. The second kappa shape index (κ2) is 4.96. The minimum atomic E-state index is -0.997. The molecule has 1 aromatic rings. The first-order valence-electron chi connectivity index (χ1n) is 6.07. The molecule has 1 saturated carbocycles. The van der Waals surface area contributed by atoms with Gasteiger partial charge in [-0.3, -0.25) is 9.59 Å². The smallest absolute Gasteiger partial charge is 0.325 e. The molecule has 1 amide bonds. The number of carbonyl (C=O) groups excluding carboxylic acids is 1. The topological polar surface area (TPSA) is 123 Å². The Hall–Kier alpha value is -1.96. The molecule has 1 atom stereocenters. The molecule has 1 aromatic heterocycles. The van der Waals surface area contributed by atoms with Gasteiger partial charge in [-0.15, -0.1) is 5.10 Å². The lowest BCUT2D eigenvalue weighted by Gasteiger charge is -2.22. The number of carboxylic acids is 1. The summed E-state index contributed by atoms with van der Waals surface area (Å²) >= 11 is 0. The maximum Gasteiger partial charge on any atom is 0.325 e. The second-order valence-electron chi connectivity index (χ2n) is 5.04. The maximum atomic E-state index is 11.9. The van der Waals surface area contributed by atoms with Gasteiger partial charge in [0.25, 0.3) is 0 Å². The van der Waals surface area contributed by atoms with Gasteiger partial charge >= 0.3 is 5.97 Å². The van der Waals surface area contributed by atoms with Crippen LogP contribution in [0.25, 0.3) is 0 Å². The normalized spacial score (nSPS) is 17.8. The van der Waals surface area contributed by atoms with Gasteiger partial charge < -0.3 is 16.2 Å². The first-order chi connectivity index (χ1) is 8.89. The van der Waals surface area contributed by atoms with Crippen molar-refractivity contribution in [3.8, 4) is 0 Å². The highest BCUT2D eigenvalue weighted by Crippen LogP contribution is 2.38. The molecule has 104 valence electrons. The molecule has 19 heavy (non-hydrogen) atoms. The first-order valence-corrected chi connectivity index (χ1v) is 6.07. The highest BCUT2D eigenvalue weighted by Gasteiger charge is 2.43. The van der Waals surface area contributed by atoms with E-state index >= 15 is 0 Å². The van der Waals surface area contributed by atoms with Gasteiger partial charge in [-0.2, -0.15) is 0 Å². The van der Waals surface area contributed by atoms with Crippen molar-refractivity contribution in [2.75, 3.05) is 0 Å². The van der Waals surface area contributed by atoms with E-state index in [0.29, 0.717) is 5.69 Å². The summed E-state index contributed by atoms with van der Waals surface area (Å²) in [6.07, 6.45) is 3.45. The Labute approximate surface area is 110 Å². The van der Waals surface area contributed by atoms with Crippen LogP contribution in [0.5, 0.6) is 0 Å². The standard InChI is InChI=1S/C11H17N5O3/c1-11(12,7-2-3-7)10(19)13-4-8-5-16(15-14-8)6-9(17)18/h5,7H,2-4,6,12H2,1H3,(H,13,19)(H,17,18). The largest absolute Gasteiger partial charge is 0.480 e. The summed E-state index contributed by atoms with van der Waals surface area (Å²) in [5.74, 6) is -0.971. The Bertz CT molecular complexity index is 492. The average molecular weight is 267 g/mol. The van der Waals surface area contributed by atoms with Crippen molar-refractivity contribution < 1.29 is 14.7 Å². The van der Waals surface area contributed by atoms with Crippen LogP contribution in [0.3, 0.4) is 0 Å². The van der Waals surface area contributed by atoms with Crippen LogP contribution in [0.2, 0.25) is 0 Å². The van der Waals surface area contributed by atoms with Crippen LogP contribution < -0.4 is 11.1 Å². The van der Waals surface area contributed by atoms with E-state index in [1.807, 2.05) is 0 Å². The molecular weight excluding hydrogens is 250 g/mol. The lowest BCUT2D eigenvalue weighted by Crippen LogP contribution is -2.53. The van der Waals surface area contributed by atoms with Crippen LogP contribution in [0.15, 0.2) is 6.20 Å². The lowest BCUT2D eigenvalue weighted by atomic mass is 9.96. The number of nitrogens with zero attached hydrogens (tertiary/aromatic N) is 3. The number of nitrogens with two attached hydrogens (primary N) is 1. The van der Waals surface area contributed by atoms with Crippen molar-refractivity contribution in [1.82, 2.24) is 20.3 Å². The van der Waals surface area contributed by atoms with E-state index in [1.165, 1.54) is 10.9 Å². The molecule has 1 fully saturated rings. The van der Waals surface area contributed by atoms with Gasteiger partial charge in [-0.05, 0) is 25.7 Å². The average Bonchev–Trinajstić information content (AvgIpc) is 3.09. The van der Waals surface area contributed by atoms with Gasteiger partial charge in [0.2, 0.25) is 5.91 Å². The Balaban J connectivity index is 1.86. The van der Waals surface area contributed by atoms with Crippen molar-refractivity contribution in [1.29, 1.82) is 0 Å². The van der Waals surface area contributed by atoms with Crippen molar-refractivity contribution in [3.05, 3.63) is 11.9 Å². The Morgan fingerprint density at radius 2 is 2.32 bits per heavy atom. The fraction of sp³-hybridized carbons (Fsp3) is 0.636. The molecule has 1 heterocycles. The molecule has 0 saturated heterocycles. The molecular formula is C11H17N5O3. The van der Waals surface area contributed by atoms with Gasteiger partial charge in [0.05, 0.1) is 18.3 Å². The molecule has 0 spiro atoms. The number of hydrogen-bond acceptors (Lipinski definition) is 5. The summed E-state index contributed by atoms with van der Waals surface area (Å²) < 4.78 is 1.20. The van der Waals surface area contributed by atoms with Crippen LogP contribution in [0.1, 0.15) is 25.5 Å². The number of hydrogen-bond donors (Lipinski definition) is 3. The third kappa shape index (κ3) is 3.28. The monoisotopic (exact) mass is 267 g/mol. The Morgan fingerprint density at radius 3 is 2.89 bits per heavy atom. The summed E-state index contributed by atoms with van der Waals surface area (Å²) in [6.45, 7) is 1.66. The van der Waals surface area contributed by atoms with Gasteiger partial charge in [0, 0.05) is 0 Å². The molecule has 1 unspecified atom stereocenters. The van der Waals surface area contributed by atoms with Crippen molar-refractivity contribution in [2.45, 2.75) is 38.4 Å². The Kier molecular flexibility index (Phi) is 3.52. The van der Waals surface area contributed by atoms with Gasteiger partial charge in [-0.25, -0.2) is 4.68 Å². The van der Waals surface area contributed by atoms with E-state index < -0.39 is 11.5 Å². The van der Waals surface area contributed by atoms with E-state index in [4.69, 9.17) is 10.8 Å². The minimum absolute atomic E-state index is 0.192. The third-order valence-corrected chi connectivity index (χ3v) is 3.23. The number of amides is 1. The number of aromatic nitrogens is 3. The fourth-order valence-electron chi connectivity index (χ4n) is 1.87. The second-order valence-corrected chi connectivity index (χ2v) is 5.04. The lowest BCUT2D eigenvalue weighted by molar-refractivity contribution is -0.138. The zero-order chi connectivity index (χ0) is 14.0. The molecule has 0 aliphatic heterocycles. The summed E-state index contributed by atoms with van der Waals surface area (Å²) in [5, 5.41) is 18.7. The number of carboxylic acid groups (broad SMARTS) is 1. The van der Waals surface area contributed by atoms with E-state index in [1.54, 1.807) is 6.92 Å². The van der Waals surface area contributed by atoms with E-state index in [-0.39, 0.29) is 24.9 Å². The summed E-state index contributed by atoms with van der Waals surface area (Å²) in [4.78, 5) is 22.4. The molecule has 1 aliphatic rings. The molecule has 4 N–H and O–H groups in total. The maximum absolute atomic E-state index is 11.9. The summed E-state index contributed by atoms with van der Waals surface area (Å²) in [6, 6.07) is 0. The van der Waals surface area contributed by atoms with Crippen LogP contribution in [-0.4, -0.2) is 37.5 Å². The van der Waals surface area contributed by atoms with E-state index in [9.17, 15) is 9.59 Å².